The van der Waals surface area contributed by atoms with Gasteiger partial charge in [0, 0.05) is 4.88 Å². The minimum Gasteiger partial charge on any atom is -0.485 e. The molecule has 1 amide bonds. The summed E-state index contributed by atoms with van der Waals surface area (Å²) >= 11 is 1.45. The van der Waals surface area contributed by atoms with Gasteiger partial charge in [-0.3, -0.25) is 4.79 Å². The number of thiophene rings is 1. The van der Waals surface area contributed by atoms with Gasteiger partial charge in [-0.15, -0.1) is 11.3 Å². The van der Waals surface area contributed by atoms with E-state index < -0.39 is 6.10 Å². The Morgan fingerprint density at radius 2 is 2.08 bits per heavy atom. The van der Waals surface area contributed by atoms with E-state index in [9.17, 15) is 9.59 Å². The second kappa shape index (κ2) is 6.99. The Labute approximate surface area is 155 Å². The van der Waals surface area contributed by atoms with Gasteiger partial charge in [0.2, 0.25) is 6.10 Å². The molecule has 0 radical (unpaired) electrons. The largest absolute Gasteiger partial charge is 0.485 e. The normalized spacial score (nSPS) is 17.5. The molecule has 1 aromatic carbocycles. The van der Waals surface area contributed by atoms with Crippen LogP contribution >= 0.6 is 11.3 Å². The summed E-state index contributed by atoms with van der Waals surface area (Å²) < 4.78 is 16.5. The van der Waals surface area contributed by atoms with Crippen molar-refractivity contribution in [1.82, 2.24) is 0 Å². The van der Waals surface area contributed by atoms with Gasteiger partial charge in [-0.2, -0.15) is 0 Å². The van der Waals surface area contributed by atoms with E-state index in [1.807, 2.05) is 12.1 Å². The van der Waals surface area contributed by atoms with Crippen LogP contribution in [-0.2, 0) is 22.4 Å². The topological polar surface area (TPSA) is 73.9 Å². The number of esters is 1. The van der Waals surface area contributed by atoms with E-state index in [4.69, 9.17) is 14.2 Å². The molecule has 26 heavy (non-hydrogen) atoms. The fourth-order valence-corrected chi connectivity index (χ4v) is 4.53. The summed E-state index contributed by atoms with van der Waals surface area (Å²) in [5.41, 5.74) is 1.50. The van der Waals surface area contributed by atoms with Gasteiger partial charge >= 0.3 is 5.97 Å². The lowest BCUT2D eigenvalue weighted by atomic mass is 10.1. The van der Waals surface area contributed by atoms with Gasteiger partial charge in [-0.1, -0.05) is 12.1 Å². The van der Waals surface area contributed by atoms with Crippen molar-refractivity contribution in [3.63, 3.8) is 0 Å². The molecule has 1 aliphatic carbocycles. The maximum atomic E-state index is 12.7. The molecular formula is C19H19NO5S. The minimum absolute atomic E-state index is 0.128. The van der Waals surface area contributed by atoms with E-state index in [2.05, 4.69) is 5.32 Å². The van der Waals surface area contributed by atoms with E-state index >= 15 is 0 Å². The van der Waals surface area contributed by atoms with Crippen LogP contribution in [0.1, 0.15) is 34.1 Å². The van der Waals surface area contributed by atoms with Crippen molar-refractivity contribution in [2.24, 2.45) is 0 Å². The van der Waals surface area contributed by atoms with Gasteiger partial charge in [0.25, 0.3) is 5.91 Å². The van der Waals surface area contributed by atoms with Gasteiger partial charge in [-0.25, -0.2) is 4.79 Å². The summed E-state index contributed by atoms with van der Waals surface area (Å²) in [6, 6.07) is 7.23. The van der Waals surface area contributed by atoms with Crippen molar-refractivity contribution in [2.45, 2.75) is 32.3 Å². The van der Waals surface area contributed by atoms with Crippen LogP contribution in [0.3, 0.4) is 0 Å². The Bertz CT molecular complexity index is 860. The van der Waals surface area contributed by atoms with Crippen LogP contribution in [0.5, 0.6) is 11.5 Å². The average molecular weight is 373 g/mol. The molecule has 0 unspecified atom stereocenters. The van der Waals surface area contributed by atoms with Crippen LogP contribution in [0.15, 0.2) is 24.3 Å². The van der Waals surface area contributed by atoms with Crippen molar-refractivity contribution < 1.29 is 23.8 Å². The number of ether oxygens (including phenoxy) is 3. The molecule has 1 aliphatic heterocycles. The molecule has 0 spiro atoms. The molecule has 6 nitrogen and oxygen atoms in total. The molecule has 0 saturated heterocycles. The van der Waals surface area contributed by atoms with Crippen molar-refractivity contribution >= 4 is 28.2 Å². The zero-order valence-corrected chi connectivity index (χ0v) is 15.2. The zero-order valence-electron chi connectivity index (χ0n) is 14.4. The van der Waals surface area contributed by atoms with Crippen molar-refractivity contribution in [2.75, 3.05) is 18.5 Å². The highest BCUT2D eigenvalue weighted by Gasteiger charge is 2.32. The molecule has 1 N–H and O–H groups in total. The highest BCUT2D eigenvalue weighted by atomic mass is 32.1. The van der Waals surface area contributed by atoms with E-state index in [-0.39, 0.29) is 18.5 Å². The van der Waals surface area contributed by atoms with E-state index in [0.717, 1.165) is 29.7 Å². The van der Waals surface area contributed by atoms with Crippen molar-refractivity contribution in [3.05, 3.63) is 40.3 Å². The van der Waals surface area contributed by atoms with Gasteiger partial charge in [0.15, 0.2) is 11.5 Å². The number of amides is 1. The molecule has 0 fully saturated rings. The molecule has 7 heteroatoms. The lowest BCUT2D eigenvalue weighted by molar-refractivity contribution is -0.125. The van der Waals surface area contributed by atoms with E-state index in [0.29, 0.717) is 28.7 Å². The Balaban J connectivity index is 1.54. The highest BCUT2D eigenvalue weighted by molar-refractivity contribution is 7.17. The third kappa shape index (κ3) is 3.03. The summed E-state index contributed by atoms with van der Waals surface area (Å²) in [4.78, 5) is 26.2. The SMILES string of the molecule is CCOC(=O)c1c(NC(=O)[C@H]2COc3ccccc3O2)sc2c1CCC2. The standard InChI is InChI=1S/C19H19NO5S/c1-2-23-19(22)16-11-6-5-9-15(11)26-18(16)20-17(21)14-10-24-12-7-3-4-8-13(12)25-14/h3-4,7-8,14H,2,5-6,9-10H2,1H3,(H,20,21)/t14-/m1/s1. The molecule has 1 aromatic heterocycles. The van der Waals surface area contributed by atoms with E-state index in [1.165, 1.54) is 11.3 Å². The second-order valence-electron chi connectivity index (χ2n) is 6.14. The number of para-hydroxylation sites is 2. The first kappa shape index (κ1) is 16.9. The van der Waals surface area contributed by atoms with Crippen LogP contribution < -0.4 is 14.8 Å². The summed E-state index contributed by atoms with van der Waals surface area (Å²) in [5.74, 6) is 0.454. The van der Waals surface area contributed by atoms with Crippen LogP contribution in [0.4, 0.5) is 5.00 Å². The Kier molecular flexibility index (Phi) is 4.55. The number of aryl methyl sites for hydroxylation is 1. The van der Waals surface area contributed by atoms with Crippen molar-refractivity contribution in [3.8, 4) is 11.5 Å². The highest BCUT2D eigenvalue weighted by Crippen LogP contribution is 2.40. The molecule has 2 aliphatic rings. The molecule has 0 bridgehead atoms. The number of hydrogen-bond acceptors (Lipinski definition) is 6. The predicted molar refractivity (Wildman–Crippen MR) is 97.3 cm³/mol. The zero-order chi connectivity index (χ0) is 18.1. The molecular weight excluding hydrogens is 354 g/mol. The second-order valence-corrected chi connectivity index (χ2v) is 7.24. The number of anilines is 1. The number of nitrogens with one attached hydrogen (secondary N) is 1. The Morgan fingerprint density at radius 1 is 1.27 bits per heavy atom. The Hall–Kier alpha value is -2.54. The number of carbonyl (C=O) groups excluding carboxylic acids is 2. The summed E-state index contributed by atoms with van der Waals surface area (Å²) in [6.45, 7) is 2.20. The first-order valence-electron chi connectivity index (χ1n) is 8.68. The molecule has 2 heterocycles. The smallest absolute Gasteiger partial charge is 0.341 e. The molecule has 0 saturated carbocycles. The monoisotopic (exact) mass is 373 g/mol. The van der Waals surface area contributed by atoms with E-state index in [1.54, 1.807) is 19.1 Å². The number of rotatable bonds is 4. The number of hydrogen-bond donors (Lipinski definition) is 1. The van der Waals surface area contributed by atoms with Crippen molar-refractivity contribution in [1.29, 1.82) is 0 Å². The molecule has 2 aromatic rings. The third-order valence-electron chi connectivity index (χ3n) is 4.44. The summed E-state index contributed by atoms with van der Waals surface area (Å²) in [5, 5.41) is 3.40. The Morgan fingerprint density at radius 3 is 2.88 bits per heavy atom. The molecule has 1 atom stereocenters. The van der Waals surface area contributed by atoms with Crippen LogP contribution in [0, 0.1) is 0 Å². The van der Waals surface area contributed by atoms with Crippen LogP contribution in [-0.4, -0.2) is 31.2 Å². The average Bonchev–Trinajstić information content (AvgIpc) is 3.22. The first-order chi connectivity index (χ1) is 12.7. The van der Waals surface area contributed by atoms with Crippen LogP contribution in [0.25, 0.3) is 0 Å². The van der Waals surface area contributed by atoms with Gasteiger partial charge in [0.1, 0.15) is 11.6 Å². The lowest BCUT2D eigenvalue weighted by Gasteiger charge is -2.25. The maximum absolute atomic E-state index is 12.7. The predicted octanol–water partition coefficient (Wildman–Crippen LogP) is 3.19. The fraction of sp³-hybridized carbons (Fsp3) is 0.368. The third-order valence-corrected chi connectivity index (χ3v) is 5.65. The maximum Gasteiger partial charge on any atom is 0.341 e. The molecule has 136 valence electrons. The quantitative estimate of drug-likeness (QED) is 0.833. The summed E-state index contributed by atoms with van der Waals surface area (Å²) in [6.07, 6.45) is 2.03. The number of benzene rings is 1. The number of carbonyl (C=O) groups is 2. The van der Waals surface area contributed by atoms with Gasteiger partial charge in [0.05, 0.1) is 12.2 Å². The minimum atomic E-state index is -0.767. The van der Waals surface area contributed by atoms with Gasteiger partial charge < -0.3 is 19.5 Å². The summed E-state index contributed by atoms with van der Waals surface area (Å²) in [7, 11) is 0. The lowest BCUT2D eigenvalue weighted by Crippen LogP contribution is -2.40. The van der Waals surface area contributed by atoms with Crippen LogP contribution in [0.2, 0.25) is 0 Å². The molecule has 4 rings (SSSR count). The van der Waals surface area contributed by atoms with Gasteiger partial charge in [-0.05, 0) is 43.9 Å². The fourth-order valence-electron chi connectivity index (χ4n) is 3.25. The first-order valence-corrected chi connectivity index (χ1v) is 9.50. The number of fused-ring (bicyclic) bond motifs is 2.